The van der Waals surface area contributed by atoms with Crippen molar-refractivity contribution in [2.75, 3.05) is 13.1 Å². The summed E-state index contributed by atoms with van der Waals surface area (Å²) in [6.45, 7) is 0.790. The van der Waals surface area contributed by atoms with E-state index < -0.39 is 11.9 Å². The Labute approximate surface area is 160 Å². The van der Waals surface area contributed by atoms with Gasteiger partial charge in [0.1, 0.15) is 5.65 Å². The summed E-state index contributed by atoms with van der Waals surface area (Å²) in [6.07, 6.45) is 4.52. The molecule has 1 amide bonds. The summed E-state index contributed by atoms with van der Waals surface area (Å²) in [5, 5.41) is 9.07. The van der Waals surface area contributed by atoms with Gasteiger partial charge in [0, 0.05) is 41.7 Å². The SMILES string of the molecule is O=C(O)C1CCN(C(=O)c2ccc(SCc3cn4ccccc4n3)cc2)C1. The van der Waals surface area contributed by atoms with Crippen LogP contribution < -0.4 is 0 Å². The Balaban J connectivity index is 1.37. The number of carboxylic acids is 1. The molecule has 1 atom stereocenters. The Kier molecular flexibility index (Phi) is 4.85. The Morgan fingerprint density at radius 1 is 1.19 bits per heavy atom. The highest BCUT2D eigenvalue weighted by molar-refractivity contribution is 7.98. The molecule has 1 aromatic carbocycles. The predicted molar refractivity (Wildman–Crippen MR) is 103 cm³/mol. The molecule has 0 saturated carbocycles. The summed E-state index contributed by atoms with van der Waals surface area (Å²) < 4.78 is 2.00. The number of amides is 1. The van der Waals surface area contributed by atoms with E-state index in [-0.39, 0.29) is 5.91 Å². The standard InChI is InChI=1S/C20H19N3O3S/c24-19(23-10-8-15(11-23)20(25)26)14-4-6-17(7-5-14)27-13-16-12-22-9-2-1-3-18(22)21-16/h1-7,9,12,15H,8,10-11,13H2,(H,25,26). The maximum Gasteiger partial charge on any atom is 0.308 e. The molecule has 3 aromatic rings. The van der Waals surface area contributed by atoms with Crippen molar-refractivity contribution in [3.05, 3.63) is 66.1 Å². The molecule has 1 saturated heterocycles. The molecule has 2 aromatic heterocycles. The van der Waals surface area contributed by atoms with Crippen LogP contribution in [0.5, 0.6) is 0 Å². The number of hydrogen-bond acceptors (Lipinski definition) is 4. The molecule has 7 heteroatoms. The monoisotopic (exact) mass is 381 g/mol. The smallest absolute Gasteiger partial charge is 0.308 e. The fraction of sp³-hybridized carbons (Fsp3) is 0.250. The third kappa shape index (κ3) is 3.83. The van der Waals surface area contributed by atoms with Gasteiger partial charge in [-0.15, -0.1) is 11.8 Å². The van der Waals surface area contributed by atoms with Crippen molar-refractivity contribution in [1.82, 2.24) is 14.3 Å². The minimum atomic E-state index is -0.830. The molecular formula is C20H19N3O3S. The van der Waals surface area contributed by atoms with Crippen molar-refractivity contribution in [2.45, 2.75) is 17.1 Å². The number of carboxylic acid groups (broad SMARTS) is 1. The van der Waals surface area contributed by atoms with Crippen LogP contribution in [0.25, 0.3) is 5.65 Å². The predicted octanol–water partition coefficient (Wildman–Crippen LogP) is 3.17. The summed E-state index contributed by atoms with van der Waals surface area (Å²) in [4.78, 5) is 30.8. The number of carbonyl (C=O) groups is 2. The molecule has 1 aliphatic heterocycles. The highest BCUT2D eigenvalue weighted by atomic mass is 32.2. The van der Waals surface area contributed by atoms with Gasteiger partial charge in [-0.05, 0) is 42.8 Å². The minimum absolute atomic E-state index is 0.101. The van der Waals surface area contributed by atoms with E-state index in [1.54, 1.807) is 16.7 Å². The largest absolute Gasteiger partial charge is 0.481 e. The fourth-order valence-corrected chi connectivity index (χ4v) is 4.02. The Hall–Kier alpha value is -2.80. The van der Waals surface area contributed by atoms with E-state index in [1.165, 1.54) is 0 Å². The molecule has 1 fully saturated rings. The second-order valence-electron chi connectivity index (χ2n) is 6.59. The van der Waals surface area contributed by atoms with Crippen LogP contribution in [0.4, 0.5) is 0 Å². The topological polar surface area (TPSA) is 74.9 Å². The van der Waals surface area contributed by atoms with Crippen molar-refractivity contribution < 1.29 is 14.7 Å². The maximum atomic E-state index is 12.5. The molecule has 138 valence electrons. The van der Waals surface area contributed by atoms with Crippen LogP contribution in [0.2, 0.25) is 0 Å². The number of aromatic nitrogens is 2. The lowest BCUT2D eigenvalue weighted by Gasteiger charge is -2.16. The first-order chi connectivity index (χ1) is 13.1. The fourth-order valence-electron chi connectivity index (χ4n) is 3.24. The van der Waals surface area contributed by atoms with Crippen molar-refractivity contribution in [3.8, 4) is 0 Å². The lowest BCUT2D eigenvalue weighted by atomic mass is 10.1. The van der Waals surface area contributed by atoms with Crippen molar-refractivity contribution in [3.63, 3.8) is 0 Å². The average molecular weight is 381 g/mol. The highest BCUT2D eigenvalue weighted by Gasteiger charge is 2.31. The van der Waals surface area contributed by atoms with Gasteiger partial charge in [0.15, 0.2) is 0 Å². The number of likely N-dealkylation sites (tertiary alicyclic amines) is 1. The van der Waals surface area contributed by atoms with E-state index in [0.29, 0.717) is 25.1 Å². The van der Waals surface area contributed by atoms with Crippen molar-refractivity contribution >= 4 is 29.3 Å². The van der Waals surface area contributed by atoms with Gasteiger partial charge in [-0.2, -0.15) is 0 Å². The molecule has 6 nitrogen and oxygen atoms in total. The zero-order chi connectivity index (χ0) is 18.8. The van der Waals surface area contributed by atoms with E-state index in [2.05, 4.69) is 4.98 Å². The normalized spacial score (nSPS) is 16.7. The van der Waals surface area contributed by atoms with Crippen LogP contribution in [-0.4, -0.2) is 44.4 Å². The van der Waals surface area contributed by atoms with Gasteiger partial charge in [0.25, 0.3) is 5.91 Å². The molecule has 1 aliphatic rings. The third-order valence-electron chi connectivity index (χ3n) is 4.73. The number of fused-ring (bicyclic) bond motifs is 1. The molecule has 1 unspecified atom stereocenters. The van der Waals surface area contributed by atoms with Gasteiger partial charge < -0.3 is 14.4 Å². The zero-order valence-electron chi connectivity index (χ0n) is 14.6. The number of rotatable bonds is 5. The lowest BCUT2D eigenvalue weighted by molar-refractivity contribution is -0.141. The Morgan fingerprint density at radius 2 is 2.00 bits per heavy atom. The highest BCUT2D eigenvalue weighted by Crippen LogP contribution is 2.24. The molecule has 0 spiro atoms. The molecule has 0 aliphatic carbocycles. The number of hydrogen-bond donors (Lipinski definition) is 1. The molecule has 3 heterocycles. The molecule has 4 rings (SSSR count). The molecule has 0 radical (unpaired) electrons. The van der Waals surface area contributed by atoms with Gasteiger partial charge in [-0.1, -0.05) is 6.07 Å². The Bertz CT molecular complexity index is 951. The van der Waals surface area contributed by atoms with Crippen LogP contribution in [0, 0.1) is 5.92 Å². The Morgan fingerprint density at radius 3 is 2.70 bits per heavy atom. The van der Waals surface area contributed by atoms with Crippen molar-refractivity contribution in [2.24, 2.45) is 5.92 Å². The summed E-state index contributed by atoms with van der Waals surface area (Å²) in [5.74, 6) is -0.629. The number of imidazole rings is 1. The second kappa shape index (κ2) is 7.44. The number of aliphatic carboxylic acids is 1. The van der Waals surface area contributed by atoms with E-state index in [9.17, 15) is 9.59 Å². The summed E-state index contributed by atoms with van der Waals surface area (Å²) in [6, 6.07) is 13.4. The zero-order valence-corrected chi connectivity index (χ0v) is 15.4. The van der Waals surface area contributed by atoms with Gasteiger partial charge in [0.2, 0.25) is 0 Å². The first-order valence-electron chi connectivity index (χ1n) is 8.78. The summed E-state index contributed by atoms with van der Waals surface area (Å²) in [5.41, 5.74) is 2.53. The third-order valence-corrected chi connectivity index (χ3v) is 5.77. The van der Waals surface area contributed by atoms with Crippen LogP contribution in [0.1, 0.15) is 22.5 Å². The number of nitrogens with zero attached hydrogens (tertiary/aromatic N) is 3. The van der Waals surface area contributed by atoms with E-state index in [4.69, 9.17) is 5.11 Å². The lowest BCUT2D eigenvalue weighted by Crippen LogP contribution is -2.29. The summed E-state index contributed by atoms with van der Waals surface area (Å²) in [7, 11) is 0. The average Bonchev–Trinajstić information content (AvgIpc) is 3.33. The van der Waals surface area contributed by atoms with Crippen LogP contribution in [0.15, 0.2) is 59.8 Å². The molecule has 1 N–H and O–H groups in total. The molecule has 27 heavy (non-hydrogen) atoms. The van der Waals surface area contributed by atoms with Gasteiger partial charge in [-0.25, -0.2) is 4.98 Å². The van der Waals surface area contributed by atoms with E-state index >= 15 is 0 Å². The van der Waals surface area contributed by atoms with Crippen molar-refractivity contribution in [1.29, 1.82) is 0 Å². The number of benzene rings is 1. The first kappa shape index (κ1) is 17.6. The van der Waals surface area contributed by atoms with Gasteiger partial charge in [0.05, 0.1) is 11.6 Å². The van der Waals surface area contributed by atoms with Crippen LogP contribution in [-0.2, 0) is 10.5 Å². The molecule has 0 bridgehead atoms. The van der Waals surface area contributed by atoms with Crippen LogP contribution >= 0.6 is 11.8 Å². The minimum Gasteiger partial charge on any atom is -0.481 e. The van der Waals surface area contributed by atoms with Crippen LogP contribution in [0.3, 0.4) is 0 Å². The summed E-state index contributed by atoms with van der Waals surface area (Å²) >= 11 is 1.67. The second-order valence-corrected chi connectivity index (χ2v) is 7.64. The number of carbonyl (C=O) groups excluding carboxylic acids is 1. The quantitative estimate of drug-likeness (QED) is 0.687. The number of pyridine rings is 1. The van der Waals surface area contributed by atoms with E-state index in [0.717, 1.165) is 22.0 Å². The first-order valence-corrected chi connectivity index (χ1v) is 9.76. The molecular weight excluding hydrogens is 362 g/mol. The van der Waals surface area contributed by atoms with E-state index in [1.807, 2.05) is 59.3 Å². The maximum absolute atomic E-state index is 12.5. The van der Waals surface area contributed by atoms with Gasteiger partial charge in [-0.3, -0.25) is 9.59 Å². The van der Waals surface area contributed by atoms with Gasteiger partial charge >= 0.3 is 5.97 Å². The number of thioether (sulfide) groups is 1.